The Kier molecular flexibility index (Phi) is 5.54. The highest BCUT2D eigenvalue weighted by molar-refractivity contribution is 7.14. The molecule has 0 aliphatic carbocycles. The zero-order valence-corrected chi connectivity index (χ0v) is 14.3. The predicted molar refractivity (Wildman–Crippen MR) is 90.4 cm³/mol. The highest BCUT2D eigenvalue weighted by Gasteiger charge is 2.17. The molecular weight excluding hydrogens is 314 g/mol. The lowest BCUT2D eigenvalue weighted by Crippen LogP contribution is -2.20. The first kappa shape index (κ1) is 17.2. The fourth-order valence-electron chi connectivity index (χ4n) is 2.18. The highest BCUT2D eigenvalue weighted by atomic mass is 32.1. The molecule has 2 rings (SSSR count). The van der Waals surface area contributed by atoms with Gasteiger partial charge in [-0.05, 0) is 19.4 Å². The molecule has 0 unspecified atom stereocenters. The number of aryl methyl sites for hydroxylation is 1. The van der Waals surface area contributed by atoms with Crippen LogP contribution in [-0.2, 0) is 4.79 Å². The zero-order chi connectivity index (χ0) is 17.0. The largest absolute Gasteiger partial charge is 0.456 e. The molecular formula is C16H21N3O3S. The van der Waals surface area contributed by atoms with Crippen molar-refractivity contribution in [1.29, 1.82) is 0 Å². The molecule has 0 aromatic carbocycles. The third-order valence-electron chi connectivity index (χ3n) is 3.61. The molecule has 2 aromatic heterocycles. The monoisotopic (exact) mass is 335 g/mol. The van der Waals surface area contributed by atoms with E-state index in [2.05, 4.69) is 17.2 Å². The van der Waals surface area contributed by atoms with E-state index < -0.39 is 5.91 Å². The zero-order valence-electron chi connectivity index (χ0n) is 13.5. The van der Waals surface area contributed by atoms with E-state index in [1.165, 1.54) is 11.3 Å². The third kappa shape index (κ3) is 4.19. The van der Waals surface area contributed by atoms with E-state index in [-0.39, 0.29) is 17.6 Å². The Hall–Kier alpha value is -2.15. The number of unbranched alkanes of at least 4 members (excludes halogenated alkanes) is 1. The molecule has 0 fully saturated rings. The van der Waals surface area contributed by atoms with Gasteiger partial charge in [0.2, 0.25) is 5.91 Å². The minimum Gasteiger partial charge on any atom is -0.456 e. The molecule has 0 spiro atoms. The number of carbonyl (C=O) groups excluding carboxylic acids is 2. The number of primary amides is 1. The molecule has 0 radical (unpaired) electrons. The molecule has 0 aliphatic heterocycles. The van der Waals surface area contributed by atoms with E-state index in [0.717, 1.165) is 19.3 Å². The number of rotatable bonds is 7. The van der Waals surface area contributed by atoms with Gasteiger partial charge in [0.1, 0.15) is 5.76 Å². The standard InChI is InChI=1S/C16H21N3O3S/c1-4-5-6-9(2)15(21)19-16-18-12(8-23-16)11-7-13(14(17)20)22-10(11)3/h7-9H,4-6H2,1-3H3,(H2,17,20)(H,18,19,21)/t9-/m1/s1. The van der Waals surface area contributed by atoms with Gasteiger partial charge in [-0.15, -0.1) is 11.3 Å². The van der Waals surface area contributed by atoms with Gasteiger partial charge in [0.25, 0.3) is 5.91 Å². The van der Waals surface area contributed by atoms with Gasteiger partial charge >= 0.3 is 0 Å². The summed E-state index contributed by atoms with van der Waals surface area (Å²) in [7, 11) is 0. The predicted octanol–water partition coefficient (Wildman–Crippen LogP) is 3.58. The number of thiazole rings is 1. The van der Waals surface area contributed by atoms with Crippen molar-refractivity contribution in [2.24, 2.45) is 11.7 Å². The SMILES string of the molecule is CCCC[C@@H](C)C(=O)Nc1nc(-c2cc(C(N)=O)oc2C)cs1. The van der Waals surface area contributed by atoms with Crippen LogP contribution in [0.5, 0.6) is 0 Å². The molecule has 7 heteroatoms. The van der Waals surface area contributed by atoms with Crippen molar-refractivity contribution < 1.29 is 14.0 Å². The number of furan rings is 1. The van der Waals surface area contributed by atoms with E-state index in [0.29, 0.717) is 22.1 Å². The van der Waals surface area contributed by atoms with Crippen molar-refractivity contribution >= 4 is 28.3 Å². The van der Waals surface area contributed by atoms with Crippen LogP contribution in [0, 0.1) is 12.8 Å². The van der Waals surface area contributed by atoms with Gasteiger partial charge in [0.15, 0.2) is 10.9 Å². The minimum atomic E-state index is -0.618. The smallest absolute Gasteiger partial charge is 0.284 e. The van der Waals surface area contributed by atoms with Crippen molar-refractivity contribution in [2.75, 3.05) is 5.32 Å². The normalized spacial score (nSPS) is 12.1. The molecule has 124 valence electrons. The average molecular weight is 335 g/mol. The van der Waals surface area contributed by atoms with Crippen LogP contribution in [0.2, 0.25) is 0 Å². The fraction of sp³-hybridized carbons (Fsp3) is 0.438. The van der Waals surface area contributed by atoms with Gasteiger partial charge in [-0.25, -0.2) is 4.98 Å². The first-order chi connectivity index (χ1) is 10.9. The quantitative estimate of drug-likeness (QED) is 0.808. The number of anilines is 1. The lowest BCUT2D eigenvalue weighted by Gasteiger charge is -2.09. The Morgan fingerprint density at radius 3 is 2.83 bits per heavy atom. The Morgan fingerprint density at radius 2 is 2.22 bits per heavy atom. The van der Waals surface area contributed by atoms with Crippen LogP contribution < -0.4 is 11.1 Å². The number of amides is 2. The first-order valence-corrected chi connectivity index (χ1v) is 8.47. The number of aromatic nitrogens is 1. The van der Waals surface area contributed by atoms with Crippen molar-refractivity contribution in [3.05, 3.63) is 23.0 Å². The molecule has 0 bridgehead atoms. The molecule has 1 atom stereocenters. The van der Waals surface area contributed by atoms with Gasteiger partial charge < -0.3 is 15.5 Å². The number of nitrogens with zero attached hydrogens (tertiary/aromatic N) is 1. The van der Waals surface area contributed by atoms with Crippen molar-refractivity contribution in [1.82, 2.24) is 4.98 Å². The molecule has 3 N–H and O–H groups in total. The fourth-order valence-corrected chi connectivity index (χ4v) is 2.90. The summed E-state index contributed by atoms with van der Waals surface area (Å²) in [6.07, 6.45) is 2.96. The highest BCUT2D eigenvalue weighted by Crippen LogP contribution is 2.30. The summed E-state index contributed by atoms with van der Waals surface area (Å²) >= 11 is 1.34. The summed E-state index contributed by atoms with van der Waals surface area (Å²) in [6, 6.07) is 1.57. The third-order valence-corrected chi connectivity index (χ3v) is 4.37. The Labute approximate surface area is 139 Å². The number of hydrogen-bond acceptors (Lipinski definition) is 5. The van der Waals surface area contributed by atoms with E-state index in [9.17, 15) is 9.59 Å². The van der Waals surface area contributed by atoms with Crippen LogP contribution in [0.1, 0.15) is 49.4 Å². The van der Waals surface area contributed by atoms with Crippen LogP contribution >= 0.6 is 11.3 Å². The molecule has 2 amide bonds. The molecule has 2 heterocycles. The van der Waals surface area contributed by atoms with Crippen molar-refractivity contribution in [3.63, 3.8) is 0 Å². The maximum absolute atomic E-state index is 12.1. The Balaban J connectivity index is 2.09. The summed E-state index contributed by atoms with van der Waals surface area (Å²) in [6.45, 7) is 5.76. The molecule has 2 aromatic rings. The molecule has 0 saturated heterocycles. The average Bonchev–Trinajstić information content (AvgIpc) is 3.11. The van der Waals surface area contributed by atoms with E-state index in [4.69, 9.17) is 10.2 Å². The second-order valence-electron chi connectivity index (χ2n) is 5.52. The van der Waals surface area contributed by atoms with Gasteiger partial charge in [-0.2, -0.15) is 0 Å². The Bertz CT molecular complexity index is 705. The van der Waals surface area contributed by atoms with E-state index in [1.807, 2.05) is 12.3 Å². The minimum absolute atomic E-state index is 0.0268. The maximum atomic E-state index is 12.1. The number of hydrogen-bond donors (Lipinski definition) is 2. The summed E-state index contributed by atoms with van der Waals surface area (Å²) in [5, 5.41) is 5.19. The number of carbonyl (C=O) groups is 2. The van der Waals surface area contributed by atoms with Gasteiger partial charge in [0, 0.05) is 16.9 Å². The molecule has 23 heavy (non-hydrogen) atoms. The topological polar surface area (TPSA) is 98.2 Å². The van der Waals surface area contributed by atoms with Crippen LogP contribution in [0.25, 0.3) is 11.3 Å². The lowest BCUT2D eigenvalue weighted by molar-refractivity contribution is -0.119. The maximum Gasteiger partial charge on any atom is 0.284 e. The van der Waals surface area contributed by atoms with Crippen LogP contribution in [-0.4, -0.2) is 16.8 Å². The summed E-state index contributed by atoms with van der Waals surface area (Å²) in [4.78, 5) is 27.7. The lowest BCUT2D eigenvalue weighted by atomic mass is 10.0. The molecule has 0 saturated carbocycles. The molecule has 0 aliphatic rings. The Morgan fingerprint density at radius 1 is 1.48 bits per heavy atom. The van der Waals surface area contributed by atoms with Gasteiger partial charge in [0.05, 0.1) is 5.69 Å². The van der Waals surface area contributed by atoms with Crippen molar-refractivity contribution in [2.45, 2.75) is 40.0 Å². The molecule has 6 nitrogen and oxygen atoms in total. The van der Waals surface area contributed by atoms with Crippen LogP contribution in [0.3, 0.4) is 0 Å². The first-order valence-electron chi connectivity index (χ1n) is 7.59. The van der Waals surface area contributed by atoms with E-state index >= 15 is 0 Å². The van der Waals surface area contributed by atoms with Crippen LogP contribution in [0.15, 0.2) is 15.9 Å². The summed E-state index contributed by atoms with van der Waals surface area (Å²) < 4.78 is 5.31. The second-order valence-corrected chi connectivity index (χ2v) is 6.37. The second kappa shape index (κ2) is 7.41. The van der Waals surface area contributed by atoms with E-state index in [1.54, 1.807) is 13.0 Å². The summed E-state index contributed by atoms with van der Waals surface area (Å²) in [5.74, 6) is -0.0177. The summed E-state index contributed by atoms with van der Waals surface area (Å²) in [5.41, 5.74) is 6.57. The van der Waals surface area contributed by atoms with Gasteiger partial charge in [-0.3, -0.25) is 9.59 Å². The number of nitrogens with one attached hydrogen (secondary N) is 1. The van der Waals surface area contributed by atoms with Crippen LogP contribution in [0.4, 0.5) is 5.13 Å². The number of nitrogens with two attached hydrogens (primary N) is 1. The van der Waals surface area contributed by atoms with Crippen molar-refractivity contribution in [3.8, 4) is 11.3 Å². The van der Waals surface area contributed by atoms with Gasteiger partial charge in [-0.1, -0.05) is 26.7 Å².